The topological polar surface area (TPSA) is 52.5 Å². The molecule has 0 atom stereocenters. The fourth-order valence-electron chi connectivity index (χ4n) is 2.90. The Bertz CT molecular complexity index is 993. The number of aryl methyl sites for hydroxylation is 2. The van der Waals surface area contributed by atoms with Crippen LogP contribution >= 0.6 is 0 Å². The van der Waals surface area contributed by atoms with Gasteiger partial charge in [0.2, 0.25) is 0 Å². The number of nitrogens with one attached hydrogen (secondary N) is 1. The van der Waals surface area contributed by atoms with Crippen molar-refractivity contribution in [3.05, 3.63) is 87.7 Å². The molecule has 0 bridgehead atoms. The van der Waals surface area contributed by atoms with Crippen molar-refractivity contribution in [3.63, 3.8) is 0 Å². The number of aromatic amines is 1. The first-order valence-corrected chi connectivity index (χ1v) is 7.98. The number of H-pyrrole nitrogens is 1. The van der Waals surface area contributed by atoms with Crippen molar-refractivity contribution in [2.45, 2.75) is 20.8 Å². The van der Waals surface area contributed by atoms with Crippen LogP contribution in [-0.4, -0.2) is 9.97 Å². The highest BCUT2D eigenvalue weighted by molar-refractivity contribution is 5.91. The predicted octanol–water partition coefficient (Wildman–Crippen LogP) is 4.93. The first kappa shape index (κ1) is 16.7. The number of imidazole rings is 1. The molecule has 0 saturated carbocycles. The Morgan fingerprint density at radius 1 is 1.20 bits per heavy atom. The van der Waals surface area contributed by atoms with Crippen LogP contribution in [0.4, 0.5) is 4.39 Å². The number of aromatic nitrogens is 2. The minimum Gasteiger partial charge on any atom is -0.345 e. The van der Waals surface area contributed by atoms with Gasteiger partial charge in [-0.3, -0.25) is 0 Å². The standard InChI is InChI=1S/C21H18FN3/c1-13-6-14(2)15(3)18(7-13)19(21-11-24-12-25-21)8-16-4-5-17(10-23)20(22)9-16/h4-9,11-12H,1-3H3,(H,24,25)/b19-8-. The molecule has 0 aliphatic rings. The molecule has 0 spiro atoms. The summed E-state index contributed by atoms with van der Waals surface area (Å²) < 4.78 is 14.0. The molecule has 0 aliphatic carbocycles. The highest BCUT2D eigenvalue weighted by Crippen LogP contribution is 2.30. The molecule has 124 valence electrons. The van der Waals surface area contributed by atoms with Crippen LogP contribution in [0.25, 0.3) is 11.6 Å². The molecule has 3 aromatic rings. The molecule has 0 unspecified atom stereocenters. The smallest absolute Gasteiger partial charge is 0.141 e. The summed E-state index contributed by atoms with van der Waals surface area (Å²) in [5.74, 6) is -0.516. The molecule has 25 heavy (non-hydrogen) atoms. The van der Waals surface area contributed by atoms with Crippen LogP contribution in [0.5, 0.6) is 0 Å². The number of halogens is 1. The van der Waals surface area contributed by atoms with Gasteiger partial charge in [0.25, 0.3) is 0 Å². The lowest BCUT2D eigenvalue weighted by atomic mass is 9.92. The fraction of sp³-hybridized carbons (Fsp3) is 0.143. The summed E-state index contributed by atoms with van der Waals surface area (Å²) in [5, 5.41) is 8.90. The third-order valence-electron chi connectivity index (χ3n) is 4.31. The number of rotatable bonds is 3. The Kier molecular flexibility index (Phi) is 4.49. The van der Waals surface area contributed by atoms with E-state index in [1.165, 1.54) is 23.3 Å². The molecule has 4 heteroatoms. The monoisotopic (exact) mass is 331 g/mol. The first-order valence-electron chi connectivity index (χ1n) is 7.98. The Balaban J connectivity index is 2.21. The summed E-state index contributed by atoms with van der Waals surface area (Å²) in [7, 11) is 0. The minimum absolute atomic E-state index is 0.0443. The van der Waals surface area contributed by atoms with Gasteiger partial charge in [-0.1, -0.05) is 23.8 Å². The van der Waals surface area contributed by atoms with E-state index in [0.717, 1.165) is 22.4 Å². The van der Waals surface area contributed by atoms with Gasteiger partial charge in [0.15, 0.2) is 0 Å². The molecular weight excluding hydrogens is 313 g/mol. The van der Waals surface area contributed by atoms with Crippen molar-refractivity contribution < 1.29 is 4.39 Å². The molecule has 0 fully saturated rings. The number of benzene rings is 2. The van der Waals surface area contributed by atoms with Gasteiger partial charge in [0.05, 0.1) is 23.8 Å². The van der Waals surface area contributed by atoms with Crippen molar-refractivity contribution in [1.82, 2.24) is 9.97 Å². The van der Waals surface area contributed by atoms with Gasteiger partial charge in [-0.05, 0) is 61.2 Å². The molecule has 1 aromatic heterocycles. The SMILES string of the molecule is Cc1cc(C)c(C)c(/C(=C/c2ccc(C#N)c(F)c2)c2cnc[nH]2)c1. The summed E-state index contributed by atoms with van der Waals surface area (Å²) in [6, 6.07) is 10.7. The van der Waals surface area contributed by atoms with Crippen LogP contribution in [0.3, 0.4) is 0 Å². The fourth-order valence-corrected chi connectivity index (χ4v) is 2.90. The maximum atomic E-state index is 14.0. The summed E-state index contributed by atoms with van der Waals surface area (Å²) >= 11 is 0. The van der Waals surface area contributed by atoms with Gasteiger partial charge in [0.1, 0.15) is 11.9 Å². The minimum atomic E-state index is -0.516. The quantitative estimate of drug-likeness (QED) is 0.692. The molecule has 0 radical (unpaired) electrons. The molecule has 0 amide bonds. The van der Waals surface area contributed by atoms with E-state index in [1.807, 2.05) is 12.1 Å². The average molecular weight is 331 g/mol. The zero-order chi connectivity index (χ0) is 18.0. The zero-order valence-corrected chi connectivity index (χ0v) is 14.4. The second-order valence-corrected chi connectivity index (χ2v) is 6.13. The van der Waals surface area contributed by atoms with Crippen molar-refractivity contribution >= 4 is 11.6 Å². The lowest BCUT2D eigenvalue weighted by molar-refractivity contribution is 0.623. The summed E-state index contributed by atoms with van der Waals surface area (Å²) in [6.07, 6.45) is 5.29. The van der Waals surface area contributed by atoms with Crippen LogP contribution in [0, 0.1) is 37.9 Å². The van der Waals surface area contributed by atoms with Crippen molar-refractivity contribution in [2.75, 3.05) is 0 Å². The van der Waals surface area contributed by atoms with Crippen molar-refractivity contribution in [1.29, 1.82) is 5.26 Å². The summed E-state index contributed by atoms with van der Waals surface area (Å²) in [4.78, 5) is 7.25. The Labute approximate surface area is 146 Å². The summed E-state index contributed by atoms with van der Waals surface area (Å²) in [6.45, 7) is 6.22. The summed E-state index contributed by atoms with van der Waals surface area (Å²) in [5.41, 5.74) is 7.14. The van der Waals surface area contributed by atoms with E-state index >= 15 is 0 Å². The van der Waals surface area contributed by atoms with Gasteiger partial charge in [-0.25, -0.2) is 9.37 Å². The number of hydrogen-bond acceptors (Lipinski definition) is 2. The molecule has 1 heterocycles. The van der Waals surface area contributed by atoms with Gasteiger partial charge in [-0.2, -0.15) is 5.26 Å². The molecule has 3 nitrogen and oxygen atoms in total. The zero-order valence-electron chi connectivity index (χ0n) is 14.4. The van der Waals surface area contributed by atoms with E-state index in [9.17, 15) is 4.39 Å². The molecular formula is C21H18FN3. The van der Waals surface area contributed by atoms with E-state index in [4.69, 9.17) is 5.26 Å². The Morgan fingerprint density at radius 3 is 2.64 bits per heavy atom. The van der Waals surface area contributed by atoms with Gasteiger partial charge < -0.3 is 4.98 Å². The largest absolute Gasteiger partial charge is 0.345 e. The van der Waals surface area contributed by atoms with Crippen molar-refractivity contribution in [2.24, 2.45) is 0 Å². The number of hydrogen-bond donors (Lipinski definition) is 1. The molecule has 0 aliphatic heterocycles. The van der Waals surface area contributed by atoms with Crippen LogP contribution in [0.1, 0.15) is 39.1 Å². The van der Waals surface area contributed by atoms with Crippen LogP contribution in [0.15, 0.2) is 42.9 Å². The second kappa shape index (κ2) is 6.74. The van der Waals surface area contributed by atoms with Gasteiger partial charge in [0, 0.05) is 5.57 Å². The van der Waals surface area contributed by atoms with E-state index in [-0.39, 0.29) is 5.56 Å². The van der Waals surface area contributed by atoms with Crippen LogP contribution in [-0.2, 0) is 0 Å². The third-order valence-corrected chi connectivity index (χ3v) is 4.31. The number of nitrogens with zero attached hydrogens (tertiary/aromatic N) is 2. The Hall–Kier alpha value is -3.19. The predicted molar refractivity (Wildman–Crippen MR) is 97.3 cm³/mol. The number of nitriles is 1. The molecule has 0 saturated heterocycles. The van der Waals surface area contributed by atoms with Gasteiger partial charge in [-0.15, -0.1) is 0 Å². The molecule has 2 aromatic carbocycles. The molecule has 3 rings (SSSR count). The second-order valence-electron chi connectivity index (χ2n) is 6.13. The highest BCUT2D eigenvalue weighted by atomic mass is 19.1. The lowest BCUT2D eigenvalue weighted by Gasteiger charge is -2.14. The highest BCUT2D eigenvalue weighted by Gasteiger charge is 2.12. The van der Waals surface area contributed by atoms with E-state index in [0.29, 0.717) is 5.56 Å². The first-order chi connectivity index (χ1) is 12.0. The average Bonchev–Trinajstić information content (AvgIpc) is 3.10. The van der Waals surface area contributed by atoms with Gasteiger partial charge >= 0.3 is 0 Å². The van der Waals surface area contributed by atoms with Crippen molar-refractivity contribution in [3.8, 4) is 6.07 Å². The van der Waals surface area contributed by atoms with Crippen LogP contribution < -0.4 is 0 Å². The van der Waals surface area contributed by atoms with E-state index in [2.05, 4.69) is 42.9 Å². The maximum Gasteiger partial charge on any atom is 0.141 e. The van der Waals surface area contributed by atoms with E-state index < -0.39 is 5.82 Å². The lowest BCUT2D eigenvalue weighted by Crippen LogP contribution is -1.96. The normalized spacial score (nSPS) is 11.4. The van der Waals surface area contributed by atoms with E-state index in [1.54, 1.807) is 18.6 Å². The Morgan fingerprint density at radius 2 is 2.00 bits per heavy atom. The third kappa shape index (κ3) is 3.36. The van der Waals surface area contributed by atoms with Crippen LogP contribution in [0.2, 0.25) is 0 Å². The maximum absolute atomic E-state index is 14.0. The molecule has 1 N–H and O–H groups in total.